The first-order valence-electron chi connectivity index (χ1n) is 7.31. The molecule has 0 N–H and O–H groups in total. The quantitative estimate of drug-likeness (QED) is 0.604. The second kappa shape index (κ2) is 7.74. The second-order valence-corrected chi connectivity index (χ2v) is 6.56. The molecule has 5 nitrogen and oxygen atoms in total. The molecule has 2 unspecified atom stereocenters. The summed E-state index contributed by atoms with van der Waals surface area (Å²) >= 11 is 3.33. The van der Waals surface area contributed by atoms with Gasteiger partial charge in [0.2, 0.25) is 5.91 Å². The zero-order valence-electron chi connectivity index (χ0n) is 12.8. The molecule has 22 heavy (non-hydrogen) atoms. The highest BCUT2D eigenvalue weighted by Gasteiger charge is 2.30. The molecule has 1 aliphatic rings. The van der Waals surface area contributed by atoms with Gasteiger partial charge in [0.15, 0.2) is 0 Å². The monoisotopic (exact) mass is 369 g/mol. The molecule has 1 aliphatic heterocycles. The van der Waals surface area contributed by atoms with E-state index in [1.165, 1.54) is 7.11 Å². The molecule has 1 aromatic rings. The Hall–Kier alpha value is -1.40. The lowest BCUT2D eigenvalue weighted by Gasteiger charge is -2.35. The van der Waals surface area contributed by atoms with Gasteiger partial charge in [-0.25, -0.2) is 4.79 Å². The molecule has 2 rings (SSSR count). The highest BCUT2D eigenvalue weighted by Crippen LogP contribution is 2.26. The van der Waals surface area contributed by atoms with E-state index in [4.69, 9.17) is 9.47 Å². The fourth-order valence-corrected chi connectivity index (χ4v) is 2.68. The van der Waals surface area contributed by atoms with Crippen molar-refractivity contribution in [3.8, 4) is 0 Å². The van der Waals surface area contributed by atoms with Gasteiger partial charge in [-0.05, 0) is 44.4 Å². The number of esters is 1. The van der Waals surface area contributed by atoms with Gasteiger partial charge < -0.3 is 9.47 Å². The number of ether oxygens (including phenoxy) is 2. The Bertz CT molecular complexity index is 541. The summed E-state index contributed by atoms with van der Waals surface area (Å²) in [5.74, 6) is -0.514. The first-order chi connectivity index (χ1) is 10.5. The van der Waals surface area contributed by atoms with Crippen molar-refractivity contribution >= 4 is 33.5 Å². The van der Waals surface area contributed by atoms with E-state index in [1.54, 1.807) is 36.1 Å². The molecule has 6 heteroatoms. The number of hydrogen-bond acceptors (Lipinski definition) is 4. The Morgan fingerprint density at radius 1 is 1.41 bits per heavy atom. The number of rotatable bonds is 4. The predicted molar refractivity (Wildman–Crippen MR) is 87.2 cm³/mol. The minimum Gasteiger partial charge on any atom is -0.465 e. The molecular weight excluding hydrogens is 350 g/mol. The Morgan fingerprint density at radius 3 is 2.77 bits per heavy atom. The van der Waals surface area contributed by atoms with Crippen molar-refractivity contribution in [1.29, 1.82) is 0 Å². The second-order valence-electron chi connectivity index (χ2n) is 5.19. The number of halogens is 1. The number of amides is 1. The van der Waals surface area contributed by atoms with E-state index in [0.29, 0.717) is 17.9 Å². The fourth-order valence-electron chi connectivity index (χ4n) is 2.46. The number of methoxy groups -OCH3 is 1. The number of anilines is 1. The van der Waals surface area contributed by atoms with Gasteiger partial charge in [-0.1, -0.05) is 22.0 Å². The summed E-state index contributed by atoms with van der Waals surface area (Å²) in [6.45, 7) is 2.42. The van der Waals surface area contributed by atoms with Crippen LogP contribution in [-0.4, -0.2) is 36.6 Å². The molecular formula is C16H20BrNO4. The van der Waals surface area contributed by atoms with Crippen molar-refractivity contribution in [1.82, 2.24) is 0 Å². The number of hydrogen-bond donors (Lipinski definition) is 0. The SMILES string of the molecule is COC(=O)c1cccc(N(C(=O)C(C)Br)C2CCCCO2)c1. The largest absolute Gasteiger partial charge is 0.465 e. The van der Waals surface area contributed by atoms with Crippen LogP contribution in [0.15, 0.2) is 24.3 Å². The summed E-state index contributed by atoms with van der Waals surface area (Å²) in [6, 6.07) is 6.87. The predicted octanol–water partition coefficient (Wildman–Crippen LogP) is 3.12. The third-order valence-corrected chi connectivity index (χ3v) is 3.96. The van der Waals surface area contributed by atoms with Gasteiger partial charge in [0, 0.05) is 12.3 Å². The average Bonchev–Trinajstić information content (AvgIpc) is 2.55. The van der Waals surface area contributed by atoms with Gasteiger partial charge in [-0.2, -0.15) is 0 Å². The Morgan fingerprint density at radius 2 is 2.18 bits per heavy atom. The van der Waals surface area contributed by atoms with Gasteiger partial charge in [-0.15, -0.1) is 0 Å². The van der Waals surface area contributed by atoms with Crippen LogP contribution in [0.2, 0.25) is 0 Å². The van der Waals surface area contributed by atoms with Crippen molar-refractivity contribution in [2.45, 2.75) is 37.2 Å². The molecule has 0 spiro atoms. The lowest BCUT2D eigenvalue weighted by Crippen LogP contribution is -2.46. The molecule has 1 saturated heterocycles. The summed E-state index contributed by atoms with van der Waals surface area (Å²) in [5.41, 5.74) is 1.06. The van der Waals surface area contributed by atoms with E-state index in [-0.39, 0.29) is 17.0 Å². The number of benzene rings is 1. The van der Waals surface area contributed by atoms with Crippen LogP contribution in [0.3, 0.4) is 0 Å². The molecule has 0 bridgehead atoms. The van der Waals surface area contributed by atoms with Gasteiger partial charge in [0.1, 0.15) is 6.23 Å². The van der Waals surface area contributed by atoms with E-state index in [2.05, 4.69) is 15.9 Å². The van der Waals surface area contributed by atoms with E-state index >= 15 is 0 Å². The molecule has 0 radical (unpaired) electrons. The first-order valence-corrected chi connectivity index (χ1v) is 8.23. The van der Waals surface area contributed by atoms with Crippen molar-refractivity contribution in [2.24, 2.45) is 0 Å². The Balaban J connectivity index is 2.35. The minimum absolute atomic E-state index is 0.0890. The van der Waals surface area contributed by atoms with E-state index in [0.717, 1.165) is 19.3 Å². The maximum Gasteiger partial charge on any atom is 0.337 e. The highest BCUT2D eigenvalue weighted by atomic mass is 79.9. The van der Waals surface area contributed by atoms with Crippen LogP contribution in [0, 0.1) is 0 Å². The Kier molecular flexibility index (Phi) is 5.97. The fraction of sp³-hybridized carbons (Fsp3) is 0.500. The van der Waals surface area contributed by atoms with Gasteiger partial charge >= 0.3 is 5.97 Å². The summed E-state index contributed by atoms with van der Waals surface area (Å²) in [5, 5.41) is 0. The zero-order valence-corrected chi connectivity index (χ0v) is 14.3. The molecule has 2 atom stereocenters. The van der Waals surface area contributed by atoms with Crippen LogP contribution < -0.4 is 4.90 Å². The molecule has 1 heterocycles. The molecule has 0 saturated carbocycles. The summed E-state index contributed by atoms with van der Waals surface area (Å²) < 4.78 is 10.5. The standard InChI is InChI=1S/C16H20BrNO4/c1-11(17)15(19)18(14-8-3-4-9-22-14)13-7-5-6-12(10-13)16(20)21-2/h5-7,10-11,14H,3-4,8-9H2,1-2H3. The lowest BCUT2D eigenvalue weighted by molar-refractivity contribution is -0.121. The molecule has 0 aliphatic carbocycles. The van der Waals surface area contributed by atoms with Crippen molar-refractivity contribution in [3.05, 3.63) is 29.8 Å². The van der Waals surface area contributed by atoms with Crippen LogP contribution in [0.1, 0.15) is 36.5 Å². The third-order valence-electron chi connectivity index (χ3n) is 3.57. The number of nitrogens with zero attached hydrogens (tertiary/aromatic N) is 1. The van der Waals surface area contributed by atoms with Crippen LogP contribution >= 0.6 is 15.9 Å². The third kappa shape index (κ3) is 3.87. The first kappa shape index (κ1) is 17.0. The molecule has 1 amide bonds. The van der Waals surface area contributed by atoms with Crippen molar-refractivity contribution < 1.29 is 19.1 Å². The molecule has 120 valence electrons. The van der Waals surface area contributed by atoms with Gasteiger partial charge in [0.05, 0.1) is 17.5 Å². The molecule has 1 fully saturated rings. The lowest BCUT2D eigenvalue weighted by atomic mass is 10.1. The summed E-state index contributed by atoms with van der Waals surface area (Å²) in [4.78, 5) is 25.6. The van der Waals surface area contributed by atoms with Crippen LogP contribution in [-0.2, 0) is 14.3 Å². The summed E-state index contributed by atoms with van der Waals surface area (Å²) in [6.07, 6.45) is 2.51. The van der Waals surface area contributed by atoms with E-state index in [9.17, 15) is 9.59 Å². The summed E-state index contributed by atoms with van der Waals surface area (Å²) in [7, 11) is 1.34. The maximum absolute atomic E-state index is 12.6. The maximum atomic E-state index is 12.6. The smallest absolute Gasteiger partial charge is 0.337 e. The van der Waals surface area contributed by atoms with Gasteiger partial charge in [0.25, 0.3) is 0 Å². The van der Waals surface area contributed by atoms with E-state index in [1.807, 2.05) is 0 Å². The zero-order chi connectivity index (χ0) is 16.1. The van der Waals surface area contributed by atoms with Crippen molar-refractivity contribution in [3.63, 3.8) is 0 Å². The average molecular weight is 370 g/mol. The highest BCUT2D eigenvalue weighted by molar-refractivity contribution is 9.10. The Labute approximate surface area is 138 Å². The number of carbonyl (C=O) groups is 2. The van der Waals surface area contributed by atoms with Crippen LogP contribution in [0.5, 0.6) is 0 Å². The number of carbonyl (C=O) groups excluding carboxylic acids is 2. The molecule has 0 aromatic heterocycles. The van der Waals surface area contributed by atoms with Crippen LogP contribution in [0.4, 0.5) is 5.69 Å². The normalized spacial score (nSPS) is 19.3. The number of alkyl halides is 1. The topological polar surface area (TPSA) is 55.8 Å². The minimum atomic E-state index is -0.425. The van der Waals surface area contributed by atoms with E-state index < -0.39 is 5.97 Å². The molecule has 1 aromatic carbocycles. The van der Waals surface area contributed by atoms with Gasteiger partial charge in [-0.3, -0.25) is 9.69 Å². The van der Waals surface area contributed by atoms with Crippen LogP contribution in [0.25, 0.3) is 0 Å². The van der Waals surface area contributed by atoms with Crippen molar-refractivity contribution in [2.75, 3.05) is 18.6 Å².